The van der Waals surface area contributed by atoms with E-state index in [2.05, 4.69) is 5.32 Å². The SMILES string of the molecule is CC(C)(C)C(CC(=O)O)NC(=O)C1CCCC1N. The number of carboxylic acids is 1. The summed E-state index contributed by atoms with van der Waals surface area (Å²) in [6, 6.07) is -0.453. The van der Waals surface area contributed by atoms with E-state index in [0.29, 0.717) is 0 Å². The first-order valence-corrected chi connectivity index (χ1v) is 6.49. The van der Waals surface area contributed by atoms with E-state index in [1.165, 1.54) is 0 Å². The van der Waals surface area contributed by atoms with Crippen molar-refractivity contribution >= 4 is 11.9 Å². The molecule has 1 saturated carbocycles. The quantitative estimate of drug-likeness (QED) is 0.702. The van der Waals surface area contributed by atoms with E-state index in [-0.39, 0.29) is 35.7 Å². The molecule has 1 fully saturated rings. The highest BCUT2D eigenvalue weighted by atomic mass is 16.4. The van der Waals surface area contributed by atoms with Crippen LogP contribution in [0.5, 0.6) is 0 Å². The number of aliphatic carboxylic acids is 1. The van der Waals surface area contributed by atoms with Gasteiger partial charge in [-0.3, -0.25) is 9.59 Å². The van der Waals surface area contributed by atoms with Gasteiger partial charge in [0, 0.05) is 12.1 Å². The largest absolute Gasteiger partial charge is 0.481 e. The third-order valence-corrected chi connectivity index (χ3v) is 3.65. The van der Waals surface area contributed by atoms with Gasteiger partial charge in [-0.05, 0) is 18.3 Å². The van der Waals surface area contributed by atoms with Gasteiger partial charge in [0.15, 0.2) is 0 Å². The Kier molecular flexibility index (Phi) is 4.73. The summed E-state index contributed by atoms with van der Waals surface area (Å²) in [7, 11) is 0. The van der Waals surface area contributed by atoms with Gasteiger partial charge in [-0.2, -0.15) is 0 Å². The Morgan fingerprint density at radius 3 is 2.39 bits per heavy atom. The van der Waals surface area contributed by atoms with Gasteiger partial charge in [-0.15, -0.1) is 0 Å². The van der Waals surface area contributed by atoms with Gasteiger partial charge < -0.3 is 16.2 Å². The van der Waals surface area contributed by atoms with Crippen molar-refractivity contribution in [1.29, 1.82) is 0 Å². The Hall–Kier alpha value is -1.10. The summed E-state index contributed by atoms with van der Waals surface area (Å²) in [4.78, 5) is 23.0. The van der Waals surface area contributed by atoms with Gasteiger partial charge in [-0.25, -0.2) is 0 Å². The number of carbonyl (C=O) groups excluding carboxylic acids is 1. The zero-order chi connectivity index (χ0) is 13.9. The molecule has 3 unspecified atom stereocenters. The second-order valence-electron chi connectivity index (χ2n) is 6.23. The van der Waals surface area contributed by atoms with Crippen molar-refractivity contribution in [3.8, 4) is 0 Å². The highest BCUT2D eigenvalue weighted by molar-refractivity contribution is 5.80. The zero-order valence-electron chi connectivity index (χ0n) is 11.4. The molecular weight excluding hydrogens is 232 g/mol. The summed E-state index contributed by atoms with van der Waals surface area (Å²) in [5, 5.41) is 11.8. The molecule has 0 aromatic heterocycles. The second kappa shape index (κ2) is 5.69. The van der Waals surface area contributed by atoms with Gasteiger partial charge in [-0.1, -0.05) is 27.2 Å². The van der Waals surface area contributed by atoms with Crippen LogP contribution in [0.1, 0.15) is 46.5 Å². The minimum absolute atomic E-state index is 0.0583. The molecule has 5 heteroatoms. The molecule has 0 aliphatic heterocycles. The van der Waals surface area contributed by atoms with E-state index in [4.69, 9.17) is 10.8 Å². The number of carboxylic acid groups (broad SMARTS) is 1. The van der Waals surface area contributed by atoms with E-state index >= 15 is 0 Å². The second-order valence-corrected chi connectivity index (χ2v) is 6.23. The predicted molar refractivity (Wildman–Crippen MR) is 69.0 cm³/mol. The highest BCUT2D eigenvalue weighted by Crippen LogP contribution is 2.26. The number of hydrogen-bond acceptors (Lipinski definition) is 3. The lowest BCUT2D eigenvalue weighted by Crippen LogP contribution is -2.49. The third-order valence-electron chi connectivity index (χ3n) is 3.65. The smallest absolute Gasteiger partial charge is 0.305 e. The Bertz CT molecular complexity index is 323. The molecule has 18 heavy (non-hydrogen) atoms. The molecule has 104 valence electrons. The monoisotopic (exact) mass is 256 g/mol. The molecule has 5 nitrogen and oxygen atoms in total. The van der Waals surface area contributed by atoms with Crippen molar-refractivity contribution < 1.29 is 14.7 Å². The van der Waals surface area contributed by atoms with Gasteiger partial charge in [0.25, 0.3) is 0 Å². The van der Waals surface area contributed by atoms with Crippen LogP contribution in [0.15, 0.2) is 0 Å². The van der Waals surface area contributed by atoms with Crippen molar-refractivity contribution in [2.75, 3.05) is 0 Å². The molecule has 1 rings (SSSR count). The van der Waals surface area contributed by atoms with Crippen LogP contribution in [-0.4, -0.2) is 29.1 Å². The van der Waals surface area contributed by atoms with E-state index in [9.17, 15) is 9.59 Å². The van der Waals surface area contributed by atoms with Crippen LogP contribution in [0.25, 0.3) is 0 Å². The standard InChI is InChI=1S/C13H24N2O3/c1-13(2,3)10(7-11(16)17)15-12(18)8-5-4-6-9(8)14/h8-10H,4-7,14H2,1-3H3,(H,15,18)(H,16,17). The summed E-state index contributed by atoms with van der Waals surface area (Å²) >= 11 is 0. The molecule has 0 saturated heterocycles. The van der Waals surface area contributed by atoms with Crippen LogP contribution >= 0.6 is 0 Å². The number of nitrogens with two attached hydrogens (primary N) is 1. The molecule has 4 N–H and O–H groups in total. The Morgan fingerprint density at radius 1 is 1.39 bits per heavy atom. The lowest BCUT2D eigenvalue weighted by molar-refractivity contribution is -0.138. The molecule has 3 atom stereocenters. The maximum Gasteiger partial charge on any atom is 0.305 e. The Balaban J connectivity index is 2.65. The average molecular weight is 256 g/mol. The first kappa shape index (κ1) is 15.0. The van der Waals surface area contributed by atoms with Gasteiger partial charge in [0.05, 0.1) is 12.3 Å². The first-order valence-electron chi connectivity index (χ1n) is 6.49. The minimum Gasteiger partial charge on any atom is -0.481 e. The lowest BCUT2D eigenvalue weighted by atomic mass is 9.84. The van der Waals surface area contributed by atoms with Crippen LogP contribution in [0.3, 0.4) is 0 Å². The van der Waals surface area contributed by atoms with Crippen molar-refractivity contribution in [2.24, 2.45) is 17.1 Å². The maximum absolute atomic E-state index is 12.1. The van der Waals surface area contributed by atoms with E-state index in [0.717, 1.165) is 19.3 Å². The van der Waals surface area contributed by atoms with Crippen LogP contribution in [0.2, 0.25) is 0 Å². The van der Waals surface area contributed by atoms with Crippen LogP contribution in [0, 0.1) is 11.3 Å². The van der Waals surface area contributed by atoms with Crippen molar-refractivity contribution in [1.82, 2.24) is 5.32 Å². The summed E-state index contributed by atoms with van der Waals surface area (Å²) in [5.41, 5.74) is 5.61. The predicted octanol–water partition coefficient (Wildman–Crippen LogP) is 1.12. The Labute approximate surface area is 108 Å². The molecule has 0 spiro atoms. The van der Waals surface area contributed by atoms with Gasteiger partial charge in [0.1, 0.15) is 0 Å². The molecule has 0 bridgehead atoms. The Morgan fingerprint density at radius 2 is 2.00 bits per heavy atom. The van der Waals surface area contributed by atoms with Crippen molar-refractivity contribution in [2.45, 2.75) is 58.5 Å². The summed E-state index contributed by atoms with van der Waals surface area (Å²) in [6.07, 6.45) is 2.59. The number of carbonyl (C=O) groups is 2. The van der Waals surface area contributed by atoms with Crippen LogP contribution < -0.4 is 11.1 Å². The number of rotatable bonds is 4. The number of amides is 1. The molecule has 1 aliphatic rings. The van der Waals surface area contributed by atoms with E-state index in [1.807, 2.05) is 20.8 Å². The fraction of sp³-hybridized carbons (Fsp3) is 0.846. The molecule has 0 aromatic carbocycles. The van der Waals surface area contributed by atoms with Crippen molar-refractivity contribution in [3.63, 3.8) is 0 Å². The minimum atomic E-state index is -0.897. The van der Waals surface area contributed by atoms with Crippen molar-refractivity contribution in [3.05, 3.63) is 0 Å². The lowest BCUT2D eigenvalue weighted by Gasteiger charge is -2.31. The highest BCUT2D eigenvalue weighted by Gasteiger charge is 2.34. The van der Waals surface area contributed by atoms with E-state index in [1.54, 1.807) is 0 Å². The third kappa shape index (κ3) is 3.98. The zero-order valence-corrected chi connectivity index (χ0v) is 11.4. The normalized spacial score (nSPS) is 25.8. The topological polar surface area (TPSA) is 92.4 Å². The van der Waals surface area contributed by atoms with Crippen LogP contribution in [-0.2, 0) is 9.59 Å². The molecule has 1 aliphatic carbocycles. The number of hydrogen-bond donors (Lipinski definition) is 3. The fourth-order valence-electron chi connectivity index (χ4n) is 2.34. The van der Waals surface area contributed by atoms with Crippen LogP contribution in [0.4, 0.5) is 0 Å². The first-order chi connectivity index (χ1) is 8.21. The fourth-order valence-corrected chi connectivity index (χ4v) is 2.34. The van der Waals surface area contributed by atoms with Gasteiger partial charge >= 0.3 is 5.97 Å². The van der Waals surface area contributed by atoms with E-state index < -0.39 is 5.97 Å². The summed E-state index contributed by atoms with van der Waals surface area (Å²) in [6.45, 7) is 5.78. The molecule has 1 amide bonds. The number of nitrogens with one attached hydrogen (secondary N) is 1. The maximum atomic E-state index is 12.1. The average Bonchev–Trinajstić information content (AvgIpc) is 2.61. The summed E-state index contributed by atoms with van der Waals surface area (Å²) < 4.78 is 0. The molecular formula is C13H24N2O3. The molecule has 0 aromatic rings. The molecule has 0 heterocycles. The van der Waals surface area contributed by atoms with Gasteiger partial charge in [0.2, 0.25) is 5.91 Å². The molecule has 0 radical (unpaired) electrons. The summed E-state index contributed by atoms with van der Waals surface area (Å²) in [5.74, 6) is -1.16.